The average Bonchev–Trinajstić information content (AvgIpc) is 2.70. The molecule has 2 heterocycles. The predicted molar refractivity (Wildman–Crippen MR) is 109 cm³/mol. The molecule has 5 heteroatoms. The summed E-state index contributed by atoms with van der Waals surface area (Å²) in [5.41, 5.74) is 1.46. The monoisotopic (exact) mass is 381 g/mol. The zero-order chi connectivity index (χ0) is 19.6. The molecule has 0 radical (unpaired) electrons. The van der Waals surface area contributed by atoms with Crippen LogP contribution in [0.2, 0.25) is 0 Å². The van der Waals surface area contributed by atoms with E-state index < -0.39 is 5.60 Å². The summed E-state index contributed by atoms with van der Waals surface area (Å²) in [6.45, 7) is 4.83. The fourth-order valence-corrected chi connectivity index (χ4v) is 5.08. The predicted octanol–water partition coefficient (Wildman–Crippen LogP) is 3.56. The van der Waals surface area contributed by atoms with Gasteiger partial charge >= 0.3 is 0 Å². The zero-order valence-electron chi connectivity index (χ0n) is 17.0. The van der Waals surface area contributed by atoms with Crippen LogP contribution >= 0.6 is 0 Å². The Hall–Kier alpha value is -1.98. The summed E-state index contributed by atoms with van der Waals surface area (Å²) in [6.07, 6.45) is 9.29. The molecule has 1 aliphatic carbocycles. The second-order valence-corrected chi connectivity index (χ2v) is 8.33. The molecule has 2 aliphatic rings. The Morgan fingerprint density at radius 2 is 1.75 bits per heavy atom. The van der Waals surface area contributed by atoms with E-state index >= 15 is 0 Å². The van der Waals surface area contributed by atoms with Crippen molar-refractivity contribution in [2.75, 3.05) is 20.2 Å². The number of nitrogens with zero attached hydrogens (tertiary/aromatic N) is 3. The van der Waals surface area contributed by atoms with Crippen LogP contribution in [0.1, 0.15) is 49.6 Å². The Morgan fingerprint density at radius 1 is 1.11 bits per heavy atom. The molecule has 1 N–H and O–H groups in total. The van der Waals surface area contributed by atoms with Gasteiger partial charge in [-0.15, -0.1) is 0 Å². The topological polar surface area (TPSA) is 58.5 Å². The maximum Gasteiger partial charge on any atom is 0.128 e. The molecule has 2 bridgehead atoms. The van der Waals surface area contributed by atoms with E-state index in [-0.39, 0.29) is 11.8 Å². The first-order valence-corrected chi connectivity index (χ1v) is 10.5. The van der Waals surface area contributed by atoms with Gasteiger partial charge in [-0.1, -0.05) is 25.5 Å². The summed E-state index contributed by atoms with van der Waals surface area (Å²) in [4.78, 5) is 11.5. The molecule has 1 saturated heterocycles. The van der Waals surface area contributed by atoms with Gasteiger partial charge < -0.3 is 9.84 Å². The van der Waals surface area contributed by atoms with E-state index in [1.165, 1.54) is 6.42 Å². The molecule has 1 saturated carbocycles. The molecule has 1 aliphatic heterocycles. The minimum Gasteiger partial charge on any atom is -0.497 e. The van der Waals surface area contributed by atoms with Gasteiger partial charge in [-0.05, 0) is 37.0 Å². The number of hydrogen-bond acceptors (Lipinski definition) is 5. The fourth-order valence-electron chi connectivity index (χ4n) is 5.08. The van der Waals surface area contributed by atoms with Gasteiger partial charge in [0.1, 0.15) is 11.6 Å². The highest BCUT2D eigenvalue weighted by Crippen LogP contribution is 2.49. The number of methoxy groups -OCH3 is 1. The Labute approximate surface area is 167 Å². The standard InChI is InChI=1S/C23H31N3O2/c1-3-5-22-24-12-17(13-25-22)14-26-15-19-6-4-7-20(16-26)23(19,27)18-8-10-21(28-2)11-9-18/h8-13,19-20,27H,3-7,14-16H2,1-2H3/t19-,20+,23?. The van der Waals surface area contributed by atoms with Crippen molar-refractivity contribution in [2.24, 2.45) is 11.8 Å². The third kappa shape index (κ3) is 3.65. The molecule has 4 rings (SSSR count). The van der Waals surface area contributed by atoms with E-state index in [9.17, 15) is 5.11 Å². The number of hydrogen-bond donors (Lipinski definition) is 1. The molecular formula is C23H31N3O2. The van der Waals surface area contributed by atoms with Crippen LogP contribution < -0.4 is 4.74 Å². The van der Waals surface area contributed by atoms with E-state index in [4.69, 9.17) is 4.74 Å². The van der Waals surface area contributed by atoms with Gasteiger partial charge in [0.15, 0.2) is 0 Å². The van der Waals surface area contributed by atoms with Crippen molar-refractivity contribution in [3.05, 3.63) is 53.6 Å². The number of aromatic nitrogens is 2. The number of aliphatic hydroxyl groups is 1. The van der Waals surface area contributed by atoms with Crippen molar-refractivity contribution in [2.45, 2.75) is 51.2 Å². The van der Waals surface area contributed by atoms with Crippen LogP contribution in [0.5, 0.6) is 5.75 Å². The summed E-state index contributed by atoms with van der Waals surface area (Å²) in [6, 6.07) is 8.01. The molecule has 150 valence electrons. The van der Waals surface area contributed by atoms with Gasteiger partial charge in [-0.2, -0.15) is 0 Å². The molecule has 2 aromatic rings. The van der Waals surface area contributed by atoms with Crippen LogP contribution in [0.25, 0.3) is 0 Å². The number of piperidine rings is 1. The van der Waals surface area contributed by atoms with E-state index in [1.54, 1.807) is 7.11 Å². The van der Waals surface area contributed by atoms with Gasteiger partial charge in [-0.25, -0.2) is 9.97 Å². The fraction of sp³-hybridized carbons (Fsp3) is 0.565. The molecule has 0 amide bonds. The molecule has 1 aromatic heterocycles. The minimum atomic E-state index is -0.734. The van der Waals surface area contributed by atoms with E-state index in [0.29, 0.717) is 0 Å². The number of rotatable bonds is 6. The molecule has 3 atom stereocenters. The summed E-state index contributed by atoms with van der Waals surface area (Å²) < 4.78 is 5.29. The lowest BCUT2D eigenvalue weighted by atomic mass is 9.62. The number of fused-ring (bicyclic) bond motifs is 2. The summed E-state index contributed by atoms with van der Waals surface area (Å²) in [5.74, 6) is 2.28. The Morgan fingerprint density at radius 3 is 2.32 bits per heavy atom. The van der Waals surface area contributed by atoms with Gasteiger partial charge in [0, 0.05) is 55.8 Å². The van der Waals surface area contributed by atoms with Crippen LogP contribution in [0, 0.1) is 11.8 Å². The van der Waals surface area contributed by atoms with Crippen molar-refractivity contribution < 1.29 is 9.84 Å². The first-order valence-electron chi connectivity index (χ1n) is 10.5. The average molecular weight is 382 g/mol. The van der Waals surface area contributed by atoms with Crippen molar-refractivity contribution in [3.8, 4) is 5.75 Å². The highest BCUT2D eigenvalue weighted by molar-refractivity contribution is 5.33. The molecule has 28 heavy (non-hydrogen) atoms. The van der Waals surface area contributed by atoms with Crippen LogP contribution in [-0.4, -0.2) is 40.2 Å². The van der Waals surface area contributed by atoms with Crippen molar-refractivity contribution in [1.82, 2.24) is 14.9 Å². The molecule has 5 nitrogen and oxygen atoms in total. The van der Waals surface area contributed by atoms with Crippen LogP contribution in [0.15, 0.2) is 36.7 Å². The third-order valence-electron chi connectivity index (χ3n) is 6.50. The largest absolute Gasteiger partial charge is 0.497 e. The number of ether oxygens (including phenoxy) is 1. The quantitative estimate of drug-likeness (QED) is 0.829. The zero-order valence-corrected chi connectivity index (χ0v) is 17.0. The van der Waals surface area contributed by atoms with Crippen LogP contribution in [0.3, 0.4) is 0 Å². The Kier molecular flexibility index (Phi) is 5.65. The second kappa shape index (κ2) is 8.18. The summed E-state index contributed by atoms with van der Waals surface area (Å²) in [7, 11) is 1.68. The minimum absolute atomic E-state index is 0.258. The summed E-state index contributed by atoms with van der Waals surface area (Å²) in [5, 5.41) is 11.8. The van der Waals surface area contributed by atoms with Crippen molar-refractivity contribution in [3.63, 3.8) is 0 Å². The van der Waals surface area contributed by atoms with Gasteiger partial charge in [0.25, 0.3) is 0 Å². The third-order valence-corrected chi connectivity index (χ3v) is 6.50. The second-order valence-electron chi connectivity index (χ2n) is 8.33. The number of benzene rings is 1. The van der Waals surface area contributed by atoms with E-state index in [1.807, 2.05) is 36.7 Å². The SMILES string of the molecule is CCCc1ncc(CN2C[C@H]3CCC[C@@H](C2)C3(O)c2ccc(OC)cc2)cn1. The van der Waals surface area contributed by atoms with Crippen LogP contribution in [-0.2, 0) is 18.6 Å². The lowest BCUT2D eigenvalue weighted by Gasteiger charge is -2.53. The maximum atomic E-state index is 11.8. The smallest absolute Gasteiger partial charge is 0.128 e. The van der Waals surface area contributed by atoms with Crippen molar-refractivity contribution >= 4 is 0 Å². The van der Waals surface area contributed by atoms with E-state index in [2.05, 4.69) is 21.8 Å². The van der Waals surface area contributed by atoms with E-state index in [0.717, 1.165) is 68.0 Å². The Balaban J connectivity index is 1.49. The van der Waals surface area contributed by atoms with Gasteiger partial charge in [0.05, 0.1) is 12.7 Å². The molecule has 2 fully saturated rings. The molecular weight excluding hydrogens is 350 g/mol. The maximum absolute atomic E-state index is 11.8. The highest BCUT2D eigenvalue weighted by atomic mass is 16.5. The highest BCUT2D eigenvalue weighted by Gasteiger charge is 2.51. The normalized spacial score (nSPS) is 27.5. The number of aryl methyl sites for hydroxylation is 1. The molecule has 0 spiro atoms. The first kappa shape index (κ1) is 19.3. The first-order chi connectivity index (χ1) is 13.6. The van der Waals surface area contributed by atoms with Gasteiger partial charge in [-0.3, -0.25) is 4.90 Å². The summed E-state index contributed by atoms with van der Waals surface area (Å²) >= 11 is 0. The lowest BCUT2D eigenvalue weighted by Crippen LogP contribution is -2.57. The molecule has 1 aromatic carbocycles. The van der Waals surface area contributed by atoms with Crippen molar-refractivity contribution in [1.29, 1.82) is 0 Å². The molecule has 1 unspecified atom stereocenters. The Bertz CT molecular complexity index is 761. The lowest BCUT2D eigenvalue weighted by molar-refractivity contribution is -0.148. The van der Waals surface area contributed by atoms with Gasteiger partial charge in [0.2, 0.25) is 0 Å². The van der Waals surface area contributed by atoms with Crippen LogP contribution in [0.4, 0.5) is 0 Å². The number of likely N-dealkylation sites (tertiary alicyclic amines) is 1.